The van der Waals surface area contributed by atoms with Gasteiger partial charge in [0.05, 0.1) is 6.20 Å². The number of rotatable bonds is 5. The standard InChI is InChI=1S/C21H20NO/c1-2-19-21(17-11-7-4-8-12-17)20(16-9-5-3-6-10-16)18(13-14-23)15-22-19/h3-12,23H,2,13-14H2,1H3. The second kappa shape index (κ2) is 7.21. The van der Waals surface area contributed by atoms with E-state index in [-0.39, 0.29) is 6.61 Å². The van der Waals surface area contributed by atoms with Crippen molar-refractivity contribution in [2.45, 2.75) is 19.8 Å². The molecule has 1 N–H and O–H groups in total. The summed E-state index contributed by atoms with van der Waals surface area (Å²) < 4.78 is 0. The van der Waals surface area contributed by atoms with E-state index in [1.54, 1.807) is 0 Å². The maximum absolute atomic E-state index is 9.43. The van der Waals surface area contributed by atoms with Gasteiger partial charge in [0, 0.05) is 17.9 Å². The second-order valence-corrected chi connectivity index (χ2v) is 5.46. The molecule has 2 heteroatoms. The van der Waals surface area contributed by atoms with Gasteiger partial charge in [-0.2, -0.15) is 0 Å². The third kappa shape index (κ3) is 3.17. The maximum Gasteiger partial charge on any atom is 0.0932 e. The highest BCUT2D eigenvalue weighted by atomic mass is 16.2. The van der Waals surface area contributed by atoms with Crippen LogP contribution in [0.4, 0.5) is 0 Å². The lowest BCUT2D eigenvalue weighted by Crippen LogP contribution is -2.03. The Balaban J connectivity index is 2.32. The number of aliphatic hydroxyl groups excluding tert-OH is 1. The zero-order valence-electron chi connectivity index (χ0n) is 13.3. The van der Waals surface area contributed by atoms with Gasteiger partial charge >= 0.3 is 0 Å². The van der Waals surface area contributed by atoms with Crippen molar-refractivity contribution < 1.29 is 5.11 Å². The third-order valence-electron chi connectivity index (χ3n) is 3.99. The fraction of sp³-hybridized carbons (Fsp3) is 0.190. The molecular formula is C21H20NO. The van der Waals surface area contributed by atoms with Crippen molar-refractivity contribution in [3.8, 4) is 22.3 Å². The predicted molar refractivity (Wildman–Crippen MR) is 94.1 cm³/mol. The number of aromatic nitrogens is 1. The minimum absolute atomic E-state index is 0.0950. The Labute approximate surface area is 137 Å². The van der Waals surface area contributed by atoms with E-state index in [0.29, 0.717) is 6.42 Å². The van der Waals surface area contributed by atoms with Crippen LogP contribution in [0.5, 0.6) is 0 Å². The van der Waals surface area contributed by atoms with Gasteiger partial charge in [0.1, 0.15) is 0 Å². The third-order valence-corrected chi connectivity index (χ3v) is 3.99. The molecule has 0 unspecified atom stereocenters. The lowest BCUT2D eigenvalue weighted by molar-refractivity contribution is 0.299. The Morgan fingerprint density at radius 2 is 1.43 bits per heavy atom. The van der Waals surface area contributed by atoms with Crippen molar-refractivity contribution in [1.29, 1.82) is 0 Å². The lowest BCUT2D eigenvalue weighted by Gasteiger charge is -2.17. The molecule has 0 amide bonds. The Morgan fingerprint density at radius 1 is 0.870 bits per heavy atom. The van der Waals surface area contributed by atoms with Crippen LogP contribution in [0.3, 0.4) is 0 Å². The number of aryl methyl sites for hydroxylation is 1. The van der Waals surface area contributed by atoms with Gasteiger partial charge in [-0.1, -0.05) is 67.6 Å². The summed E-state index contributed by atoms with van der Waals surface area (Å²) in [6.07, 6.45) is 4.56. The number of nitrogens with zero attached hydrogens (tertiary/aromatic N) is 1. The van der Waals surface area contributed by atoms with Crippen molar-refractivity contribution >= 4 is 0 Å². The van der Waals surface area contributed by atoms with Crippen molar-refractivity contribution in [2.75, 3.05) is 6.61 Å². The normalized spacial score (nSPS) is 10.7. The zero-order valence-corrected chi connectivity index (χ0v) is 13.3. The monoisotopic (exact) mass is 302 g/mol. The van der Waals surface area contributed by atoms with E-state index >= 15 is 0 Å². The number of aliphatic hydroxyl groups is 1. The van der Waals surface area contributed by atoms with Crippen LogP contribution in [-0.2, 0) is 12.8 Å². The Kier molecular flexibility index (Phi) is 4.84. The predicted octanol–water partition coefficient (Wildman–Crippen LogP) is 4.31. The van der Waals surface area contributed by atoms with Crippen molar-refractivity contribution in [3.05, 3.63) is 78.1 Å². The van der Waals surface area contributed by atoms with Gasteiger partial charge in [-0.25, -0.2) is 0 Å². The largest absolute Gasteiger partial charge is 0.396 e. The summed E-state index contributed by atoms with van der Waals surface area (Å²) in [5, 5.41) is 9.43. The maximum atomic E-state index is 9.43. The van der Waals surface area contributed by atoms with Crippen LogP contribution >= 0.6 is 0 Å². The smallest absolute Gasteiger partial charge is 0.0932 e. The highest BCUT2D eigenvalue weighted by molar-refractivity contribution is 5.86. The first-order valence-corrected chi connectivity index (χ1v) is 8.00. The fourth-order valence-corrected chi connectivity index (χ4v) is 2.93. The van der Waals surface area contributed by atoms with Crippen LogP contribution in [0.15, 0.2) is 60.7 Å². The van der Waals surface area contributed by atoms with E-state index in [4.69, 9.17) is 0 Å². The summed E-state index contributed by atoms with van der Waals surface area (Å²) in [7, 11) is 0. The van der Waals surface area contributed by atoms with Crippen LogP contribution in [-0.4, -0.2) is 16.7 Å². The summed E-state index contributed by atoms with van der Waals surface area (Å²) in [5.41, 5.74) is 6.60. The molecule has 23 heavy (non-hydrogen) atoms. The second-order valence-electron chi connectivity index (χ2n) is 5.46. The molecule has 2 nitrogen and oxygen atoms in total. The Morgan fingerprint density at radius 3 is 1.96 bits per heavy atom. The van der Waals surface area contributed by atoms with Gasteiger partial charge < -0.3 is 5.11 Å². The molecule has 115 valence electrons. The van der Waals surface area contributed by atoms with Crippen molar-refractivity contribution in [3.63, 3.8) is 0 Å². The molecule has 0 spiro atoms. The molecule has 0 aliphatic heterocycles. The molecule has 2 aromatic carbocycles. The minimum Gasteiger partial charge on any atom is -0.396 e. The average molecular weight is 302 g/mol. The molecule has 0 atom stereocenters. The number of benzene rings is 2. The van der Waals surface area contributed by atoms with Gasteiger partial charge in [0.25, 0.3) is 0 Å². The van der Waals surface area contributed by atoms with Gasteiger partial charge in [-0.05, 0) is 35.1 Å². The van der Waals surface area contributed by atoms with Crippen LogP contribution in [0.1, 0.15) is 18.2 Å². The molecule has 0 saturated heterocycles. The average Bonchev–Trinajstić information content (AvgIpc) is 2.63. The van der Waals surface area contributed by atoms with Crippen molar-refractivity contribution in [1.82, 2.24) is 4.98 Å². The first-order valence-electron chi connectivity index (χ1n) is 8.00. The number of hydrogen-bond donors (Lipinski definition) is 1. The first-order chi connectivity index (χ1) is 11.3. The summed E-state index contributed by atoms with van der Waals surface area (Å²) in [6, 6.07) is 20.7. The zero-order chi connectivity index (χ0) is 16.1. The molecule has 1 radical (unpaired) electrons. The topological polar surface area (TPSA) is 33.1 Å². The van der Waals surface area contributed by atoms with Gasteiger partial charge in [-0.15, -0.1) is 0 Å². The molecule has 0 fully saturated rings. The van der Waals surface area contributed by atoms with Gasteiger partial charge in [0.15, 0.2) is 0 Å². The summed E-state index contributed by atoms with van der Waals surface area (Å²) in [4.78, 5) is 4.54. The highest BCUT2D eigenvalue weighted by Gasteiger charge is 2.17. The molecular weight excluding hydrogens is 282 g/mol. The minimum atomic E-state index is 0.0950. The fourth-order valence-electron chi connectivity index (χ4n) is 2.93. The van der Waals surface area contributed by atoms with Crippen LogP contribution in [0, 0.1) is 6.20 Å². The van der Waals surface area contributed by atoms with Crippen molar-refractivity contribution in [2.24, 2.45) is 0 Å². The molecule has 0 aliphatic carbocycles. The van der Waals surface area contributed by atoms with E-state index in [0.717, 1.165) is 39.9 Å². The highest BCUT2D eigenvalue weighted by Crippen LogP contribution is 2.36. The van der Waals surface area contributed by atoms with Crippen LogP contribution in [0.25, 0.3) is 22.3 Å². The van der Waals surface area contributed by atoms with Gasteiger partial charge in [-0.3, -0.25) is 4.98 Å². The molecule has 1 aromatic heterocycles. The first kappa shape index (κ1) is 15.4. The van der Waals surface area contributed by atoms with Gasteiger partial charge in [0.2, 0.25) is 0 Å². The quantitative estimate of drug-likeness (QED) is 0.761. The summed E-state index contributed by atoms with van der Waals surface area (Å²) in [5.74, 6) is 0. The summed E-state index contributed by atoms with van der Waals surface area (Å²) in [6.45, 7) is 2.21. The van der Waals surface area contributed by atoms with E-state index in [1.807, 2.05) is 36.4 Å². The number of pyridine rings is 1. The van der Waals surface area contributed by atoms with E-state index in [1.165, 1.54) is 0 Å². The molecule has 0 saturated carbocycles. The Hall–Kier alpha value is -2.45. The van der Waals surface area contributed by atoms with E-state index in [9.17, 15) is 5.11 Å². The van der Waals surface area contributed by atoms with Crippen LogP contribution in [0.2, 0.25) is 0 Å². The SMILES string of the molecule is CCc1n[c]c(CCO)c(-c2ccccc2)c1-c1ccccc1. The summed E-state index contributed by atoms with van der Waals surface area (Å²) >= 11 is 0. The molecule has 0 aliphatic rings. The van der Waals surface area contributed by atoms with E-state index < -0.39 is 0 Å². The van der Waals surface area contributed by atoms with Crippen LogP contribution < -0.4 is 0 Å². The molecule has 3 rings (SSSR count). The molecule has 1 heterocycles. The lowest BCUT2D eigenvalue weighted by atomic mass is 9.88. The molecule has 0 bridgehead atoms. The number of hydrogen-bond acceptors (Lipinski definition) is 2. The molecule has 3 aromatic rings. The Bertz CT molecular complexity index is 767. The van der Waals surface area contributed by atoms with E-state index in [2.05, 4.69) is 42.4 Å².